The van der Waals surface area contributed by atoms with Crippen LogP contribution < -0.4 is 0 Å². The first kappa shape index (κ1) is 16.4. The third-order valence-electron chi connectivity index (χ3n) is 5.28. The number of hydrogen-bond donors (Lipinski definition) is 1. The van der Waals surface area contributed by atoms with E-state index in [-0.39, 0.29) is 11.9 Å². The number of aryl methyl sites for hydroxylation is 1. The molecule has 2 fully saturated rings. The highest BCUT2D eigenvalue weighted by atomic mass is 32.2. The van der Waals surface area contributed by atoms with Crippen molar-refractivity contribution in [3.8, 4) is 0 Å². The molecule has 1 N–H and O–H groups in total. The molecule has 3 rings (SSSR count). The summed E-state index contributed by atoms with van der Waals surface area (Å²) in [5.41, 5.74) is 1.56. The quantitative estimate of drug-likeness (QED) is 0.859. The van der Waals surface area contributed by atoms with Crippen LogP contribution in [0.4, 0.5) is 0 Å². The van der Waals surface area contributed by atoms with Gasteiger partial charge in [-0.05, 0) is 56.1 Å². The van der Waals surface area contributed by atoms with Gasteiger partial charge >= 0.3 is 5.97 Å². The van der Waals surface area contributed by atoms with Crippen molar-refractivity contribution in [3.63, 3.8) is 0 Å². The van der Waals surface area contributed by atoms with Crippen LogP contribution in [0, 0.1) is 12.8 Å². The smallest absolute Gasteiger partial charge is 0.326 e. The van der Waals surface area contributed by atoms with Crippen molar-refractivity contribution in [1.82, 2.24) is 4.90 Å². The van der Waals surface area contributed by atoms with Gasteiger partial charge in [0.05, 0.1) is 0 Å². The number of carboxylic acids is 1. The molecule has 1 aromatic rings. The van der Waals surface area contributed by atoms with Crippen molar-refractivity contribution in [2.45, 2.75) is 56.0 Å². The highest BCUT2D eigenvalue weighted by molar-refractivity contribution is 7.98. The Balaban J connectivity index is 1.96. The summed E-state index contributed by atoms with van der Waals surface area (Å²) in [4.78, 5) is 27.6. The second-order valence-corrected chi connectivity index (χ2v) is 7.47. The molecule has 1 aromatic carbocycles. The maximum absolute atomic E-state index is 13.2. The van der Waals surface area contributed by atoms with Crippen LogP contribution in [0.25, 0.3) is 0 Å². The van der Waals surface area contributed by atoms with E-state index in [0.29, 0.717) is 17.9 Å². The highest BCUT2D eigenvalue weighted by Crippen LogP contribution is 2.41. The van der Waals surface area contributed by atoms with Crippen molar-refractivity contribution in [2.24, 2.45) is 5.92 Å². The first-order chi connectivity index (χ1) is 11.0. The topological polar surface area (TPSA) is 57.6 Å². The Kier molecular flexibility index (Phi) is 4.67. The van der Waals surface area contributed by atoms with Crippen LogP contribution >= 0.6 is 11.8 Å². The fourth-order valence-electron chi connectivity index (χ4n) is 4.07. The van der Waals surface area contributed by atoms with Gasteiger partial charge in [0.2, 0.25) is 0 Å². The van der Waals surface area contributed by atoms with E-state index in [9.17, 15) is 14.7 Å². The number of carboxylic acid groups (broad SMARTS) is 1. The summed E-state index contributed by atoms with van der Waals surface area (Å²) in [5, 5.41) is 9.60. The molecule has 23 heavy (non-hydrogen) atoms. The van der Waals surface area contributed by atoms with Crippen molar-refractivity contribution >= 4 is 23.6 Å². The van der Waals surface area contributed by atoms with E-state index in [1.54, 1.807) is 16.7 Å². The number of carbonyl (C=O) groups is 2. The number of likely N-dealkylation sites (tertiary alicyclic amines) is 1. The summed E-state index contributed by atoms with van der Waals surface area (Å²) in [6.45, 7) is 1.92. The molecule has 1 saturated carbocycles. The molecular weight excluding hydrogens is 310 g/mol. The lowest BCUT2D eigenvalue weighted by Gasteiger charge is -2.33. The van der Waals surface area contributed by atoms with Crippen LogP contribution in [0.15, 0.2) is 23.1 Å². The highest BCUT2D eigenvalue weighted by Gasteiger charge is 2.47. The van der Waals surface area contributed by atoms with Crippen molar-refractivity contribution in [2.75, 3.05) is 6.26 Å². The molecule has 3 unspecified atom stereocenters. The van der Waals surface area contributed by atoms with Crippen LogP contribution in [-0.2, 0) is 4.79 Å². The number of carbonyl (C=O) groups excluding carboxylic acids is 1. The second-order valence-electron chi connectivity index (χ2n) is 6.59. The third kappa shape index (κ3) is 2.99. The van der Waals surface area contributed by atoms with Crippen LogP contribution in [0.5, 0.6) is 0 Å². The number of benzene rings is 1. The molecule has 1 amide bonds. The first-order valence-corrected chi connectivity index (χ1v) is 9.45. The third-order valence-corrected chi connectivity index (χ3v) is 6.01. The molecule has 0 aromatic heterocycles. The zero-order valence-electron chi connectivity index (χ0n) is 13.6. The van der Waals surface area contributed by atoms with E-state index in [1.165, 1.54) is 0 Å². The summed E-state index contributed by atoms with van der Waals surface area (Å²) in [6.07, 6.45) is 6.79. The molecule has 1 saturated heterocycles. The molecule has 2 aliphatic rings. The summed E-state index contributed by atoms with van der Waals surface area (Å²) in [6, 6.07) is 5.27. The minimum absolute atomic E-state index is 0.0923. The summed E-state index contributed by atoms with van der Waals surface area (Å²) in [5.74, 6) is -0.635. The summed E-state index contributed by atoms with van der Waals surface area (Å²) in [7, 11) is 0. The van der Waals surface area contributed by atoms with Crippen molar-refractivity contribution in [1.29, 1.82) is 0 Å². The molecular formula is C18H23NO3S. The molecule has 1 aliphatic heterocycles. The van der Waals surface area contributed by atoms with Gasteiger partial charge in [-0.1, -0.05) is 18.9 Å². The standard InChI is InChI=1S/C18H23NO3S/c1-11-7-8-13(23-2)10-14(11)17(20)19-15-6-4-3-5-12(15)9-16(19)18(21)22/h7-8,10,12,15-16H,3-6,9H2,1-2H3,(H,21,22). The van der Waals surface area contributed by atoms with E-state index in [4.69, 9.17) is 0 Å². The lowest BCUT2D eigenvalue weighted by atomic mass is 9.84. The minimum Gasteiger partial charge on any atom is -0.480 e. The molecule has 1 aliphatic carbocycles. The number of amides is 1. The number of hydrogen-bond acceptors (Lipinski definition) is 3. The van der Waals surface area contributed by atoms with Gasteiger partial charge in [0.15, 0.2) is 0 Å². The summed E-state index contributed by atoms with van der Waals surface area (Å²) >= 11 is 1.59. The minimum atomic E-state index is -0.869. The predicted octanol–water partition coefficient (Wildman–Crippen LogP) is 3.57. The SMILES string of the molecule is CSc1ccc(C)c(C(=O)N2C(C(=O)O)CC3CCCCC32)c1. The molecule has 5 heteroatoms. The molecule has 0 radical (unpaired) electrons. The van der Waals surface area contributed by atoms with Gasteiger partial charge in [-0.3, -0.25) is 4.79 Å². The Hall–Kier alpha value is -1.49. The van der Waals surface area contributed by atoms with E-state index in [0.717, 1.165) is 36.1 Å². The van der Waals surface area contributed by atoms with Crippen LogP contribution in [0.2, 0.25) is 0 Å². The van der Waals surface area contributed by atoms with E-state index >= 15 is 0 Å². The molecule has 3 atom stereocenters. The Morgan fingerprint density at radius 1 is 1.26 bits per heavy atom. The Bertz CT molecular complexity index is 631. The molecule has 0 spiro atoms. The lowest BCUT2D eigenvalue weighted by Crippen LogP contribution is -2.46. The van der Waals surface area contributed by atoms with E-state index in [1.807, 2.05) is 31.4 Å². The fraction of sp³-hybridized carbons (Fsp3) is 0.556. The fourth-order valence-corrected chi connectivity index (χ4v) is 4.51. The average Bonchev–Trinajstić information content (AvgIpc) is 2.94. The monoisotopic (exact) mass is 333 g/mol. The van der Waals surface area contributed by atoms with Crippen molar-refractivity contribution < 1.29 is 14.7 Å². The number of aliphatic carboxylic acids is 1. The van der Waals surface area contributed by atoms with Gasteiger partial charge in [0.1, 0.15) is 6.04 Å². The average molecular weight is 333 g/mol. The van der Waals surface area contributed by atoms with Gasteiger partial charge in [0, 0.05) is 16.5 Å². The zero-order chi connectivity index (χ0) is 16.6. The lowest BCUT2D eigenvalue weighted by molar-refractivity contribution is -0.141. The molecule has 0 bridgehead atoms. The largest absolute Gasteiger partial charge is 0.480 e. The summed E-state index contributed by atoms with van der Waals surface area (Å²) < 4.78 is 0. The Morgan fingerprint density at radius 2 is 2.00 bits per heavy atom. The zero-order valence-corrected chi connectivity index (χ0v) is 14.4. The number of thioether (sulfide) groups is 1. The maximum Gasteiger partial charge on any atom is 0.326 e. The van der Waals surface area contributed by atoms with Gasteiger partial charge in [-0.25, -0.2) is 4.79 Å². The number of fused-ring (bicyclic) bond motifs is 1. The van der Waals surface area contributed by atoms with Crippen LogP contribution in [0.3, 0.4) is 0 Å². The van der Waals surface area contributed by atoms with E-state index in [2.05, 4.69) is 0 Å². The molecule has 1 heterocycles. The number of nitrogens with zero attached hydrogens (tertiary/aromatic N) is 1. The second kappa shape index (κ2) is 6.56. The Labute approximate surface area is 141 Å². The molecule has 4 nitrogen and oxygen atoms in total. The van der Waals surface area contributed by atoms with Crippen LogP contribution in [0.1, 0.15) is 48.0 Å². The van der Waals surface area contributed by atoms with Gasteiger partial charge in [0.25, 0.3) is 5.91 Å². The first-order valence-electron chi connectivity index (χ1n) is 8.23. The maximum atomic E-state index is 13.2. The van der Waals surface area contributed by atoms with E-state index < -0.39 is 12.0 Å². The normalized spacial score (nSPS) is 26.9. The predicted molar refractivity (Wildman–Crippen MR) is 90.9 cm³/mol. The van der Waals surface area contributed by atoms with Crippen LogP contribution in [-0.4, -0.2) is 40.2 Å². The van der Waals surface area contributed by atoms with Gasteiger partial charge in [-0.15, -0.1) is 11.8 Å². The Morgan fingerprint density at radius 3 is 2.70 bits per heavy atom. The van der Waals surface area contributed by atoms with Gasteiger partial charge in [-0.2, -0.15) is 0 Å². The van der Waals surface area contributed by atoms with Crippen molar-refractivity contribution in [3.05, 3.63) is 29.3 Å². The molecule has 124 valence electrons. The number of rotatable bonds is 3. The van der Waals surface area contributed by atoms with Gasteiger partial charge < -0.3 is 10.0 Å².